The maximum Gasteiger partial charge on any atom is 0.373 e. The molecule has 0 saturated carbocycles. The summed E-state index contributed by atoms with van der Waals surface area (Å²) < 4.78 is 10.7. The number of anilines is 1. The van der Waals surface area contributed by atoms with Gasteiger partial charge in [0.05, 0.1) is 11.5 Å². The molecule has 10 nitrogen and oxygen atoms in total. The normalized spacial score (nSPS) is 13.2. The van der Waals surface area contributed by atoms with Crippen LogP contribution in [0.2, 0.25) is 5.02 Å². The zero-order valence-corrected chi connectivity index (χ0v) is 19.2. The number of aliphatic hydroxyl groups is 1. The first-order valence-electron chi connectivity index (χ1n) is 10.7. The predicted molar refractivity (Wildman–Crippen MR) is 129 cm³/mol. The molecule has 4 rings (SSSR count). The van der Waals surface area contributed by atoms with Crippen LogP contribution in [0.25, 0.3) is 5.57 Å². The number of para-hydroxylation sites is 1. The third-order valence-electron chi connectivity index (χ3n) is 5.31. The van der Waals surface area contributed by atoms with Crippen molar-refractivity contribution in [2.24, 2.45) is 0 Å². The minimum atomic E-state index is -0.734. The number of benzene rings is 2. The van der Waals surface area contributed by atoms with Crippen molar-refractivity contribution in [3.63, 3.8) is 0 Å². The van der Waals surface area contributed by atoms with Crippen molar-refractivity contribution in [2.45, 2.75) is 6.42 Å². The number of aliphatic hydroxyl groups excluding tert-OH is 1. The van der Waals surface area contributed by atoms with Gasteiger partial charge in [-0.1, -0.05) is 41.9 Å². The Labute approximate surface area is 205 Å². The molecule has 0 unspecified atom stereocenters. The molecule has 2 heterocycles. The van der Waals surface area contributed by atoms with Crippen LogP contribution in [0.15, 0.2) is 60.9 Å². The Morgan fingerprint density at radius 3 is 2.63 bits per heavy atom. The smallest absolute Gasteiger partial charge is 0.373 e. The highest BCUT2D eigenvalue weighted by Crippen LogP contribution is 2.38. The van der Waals surface area contributed by atoms with Gasteiger partial charge in [-0.15, -0.1) is 0 Å². The molecule has 0 saturated heterocycles. The van der Waals surface area contributed by atoms with Gasteiger partial charge >= 0.3 is 17.5 Å². The molecule has 0 amide bonds. The Morgan fingerprint density at radius 2 is 1.94 bits per heavy atom. The summed E-state index contributed by atoms with van der Waals surface area (Å²) in [7, 11) is 0. The Hall–Kier alpha value is -4.02. The van der Waals surface area contributed by atoms with E-state index in [4.69, 9.17) is 26.2 Å². The minimum absolute atomic E-state index is 0.0340. The lowest BCUT2D eigenvalue weighted by molar-refractivity contribution is -0.385. The maximum absolute atomic E-state index is 12.3. The lowest BCUT2D eigenvalue weighted by Gasteiger charge is -2.27. The van der Waals surface area contributed by atoms with Gasteiger partial charge in [-0.05, 0) is 41.8 Å². The van der Waals surface area contributed by atoms with Crippen molar-refractivity contribution in [1.29, 1.82) is 0 Å². The van der Waals surface area contributed by atoms with Gasteiger partial charge in [0, 0.05) is 18.1 Å². The van der Waals surface area contributed by atoms with E-state index in [9.17, 15) is 14.9 Å². The molecular weight excluding hydrogens is 476 g/mol. The van der Waals surface area contributed by atoms with Gasteiger partial charge < -0.3 is 19.5 Å². The molecule has 1 aliphatic rings. The summed E-state index contributed by atoms with van der Waals surface area (Å²) in [6.45, 7) is 0.375. The van der Waals surface area contributed by atoms with Crippen molar-refractivity contribution < 1.29 is 24.3 Å². The van der Waals surface area contributed by atoms with E-state index in [0.29, 0.717) is 24.5 Å². The van der Waals surface area contributed by atoms with Crippen molar-refractivity contribution in [2.75, 3.05) is 31.2 Å². The predicted octanol–water partition coefficient (Wildman–Crippen LogP) is 4.27. The molecule has 3 aromatic rings. The van der Waals surface area contributed by atoms with Gasteiger partial charge in [-0.25, -0.2) is 9.78 Å². The SMILES string of the molecule is O=C(OCCO)c1ccccc1Oc1ncnc(N2CC=C(c3ccc(Cl)cc3)CC2)c1[N+](=O)[O-]. The van der Waals surface area contributed by atoms with Crippen LogP contribution in [0, 0.1) is 10.1 Å². The van der Waals surface area contributed by atoms with Crippen molar-refractivity contribution in [3.05, 3.63) is 87.2 Å². The lowest BCUT2D eigenvalue weighted by Crippen LogP contribution is -2.30. The molecule has 180 valence electrons. The quantitative estimate of drug-likeness (QED) is 0.276. The van der Waals surface area contributed by atoms with Crippen LogP contribution in [0.5, 0.6) is 11.6 Å². The van der Waals surface area contributed by atoms with Crippen molar-refractivity contribution >= 4 is 34.6 Å². The number of carbonyl (C=O) groups is 1. The summed E-state index contributed by atoms with van der Waals surface area (Å²) in [5.74, 6) is -0.879. The molecule has 1 aliphatic heterocycles. The summed E-state index contributed by atoms with van der Waals surface area (Å²) in [6, 6.07) is 13.7. The van der Waals surface area contributed by atoms with Crippen LogP contribution < -0.4 is 9.64 Å². The maximum atomic E-state index is 12.3. The Bertz CT molecular complexity index is 1270. The Morgan fingerprint density at radius 1 is 1.17 bits per heavy atom. The lowest BCUT2D eigenvalue weighted by atomic mass is 9.99. The first kappa shape index (κ1) is 24.1. The van der Waals surface area contributed by atoms with Gasteiger partial charge in [-0.3, -0.25) is 10.1 Å². The second-order valence-corrected chi connectivity index (χ2v) is 7.93. The number of nitro groups is 1. The first-order chi connectivity index (χ1) is 17.0. The number of hydrogen-bond acceptors (Lipinski definition) is 9. The van der Waals surface area contributed by atoms with Crippen molar-refractivity contribution in [3.8, 4) is 11.6 Å². The molecule has 0 aliphatic carbocycles. The highest BCUT2D eigenvalue weighted by molar-refractivity contribution is 6.30. The molecule has 11 heteroatoms. The summed E-state index contributed by atoms with van der Waals surface area (Å²) >= 11 is 5.97. The molecule has 0 fully saturated rings. The Kier molecular flexibility index (Phi) is 7.54. The number of esters is 1. The fourth-order valence-corrected chi connectivity index (χ4v) is 3.78. The van der Waals surface area contributed by atoms with E-state index in [1.54, 1.807) is 17.0 Å². The highest BCUT2D eigenvalue weighted by atomic mass is 35.5. The average Bonchev–Trinajstić information content (AvgIpc) is 2.88. The van der Waals surface area contributed by atoms with Gasteiger partial charge in [0.15, 0.2) is 0 Å². The third kappa shape index (κ3) is 5.56. The fraction of sp³-hybridized carbons (Fsp3) is 0.208. The van der Waals surface area contributed by atoms with E-state index in [1.165, 1.54) is 18.5 Å². The van der Waals surface area contributed by atoms with Gasteiger partial charge in [0.1, 0.15) is 24.2 Å². The molecule has 2 aromatic carbocycles. The van der Waals surface area contributed by atoms with Crippen LogP contribution >= 0.6 is 11.6 Å². The van der Waals surface area contributed by atoms with Gasteiger partial charge in [0.25, 0.3) is 0 Å². The Balaban J connectivity index is 1.61. The van der Waals surface area contributed by atoms with Gasteiger partial charge in [-0.2, -0.15) is 4.98 Å². The van der Waals surface area contributed by atoms with Crippen LogP contribution in [0.4, 0.5) is 11.5 Å². The van der Waals surface area contributed by atoms with Crippen LogP contribution in [-0.4, -0.2) is 52.3 Å². The molecular formula is C24H21ClN4O6. The minimum Gasteiger partial charge on any atom is -0.460 e. The van der Waals surface area contributed by atoms with Gasteiger partial charge in [0.2, 0.25) is 5.82 Å². The molecule has 0 atom stereocenters. The van der Waals surface area contributed by atoms with E-state index < -0.39 is 16.6 Å². The van der Waals surface area contributed by atoms with E-state index in [1.807, 2.05) is 30.3 Å². The molecule has 1 aromatic heterocycles. The monoisotopic (exact) mass is 496 g/mol. The third-order valence-corrected chi connectivity index (χ3v) is 5.57. The summed E-state index contributed by atoms with van der Waals surface area (Å²) in [5.41, 5.74) is 1.79. The van der Waals surface area contributed by atoms with E-state index in [0.717, 1.165) is 11.1 Å². The number of hydrogen-bond donors (Lipinski definition) is 1. The van der Waals surface area contributed by atoms with Crippen LogP contribution in [0.1, 0.15) is 22.3 Å². The van der Waals surface area contributed by atoms with Crippen LogP contribution in [0.3, 0.4) is 0 Å². The number of ether oxygens (including phenoxy) is 2. The molecule has 35 heavy (non-hydrogen) atoms. The van der Waals surface area contributed by atoms with E-state index in [-0.39, 0.29) is 36.2 Å². The zero-order valence-electron chi connectivity index (χ0n) is 18.5. The molecule has 0 bridgehead atoms. The van der Waals surface area contributed by atoms with Crippen LogP contribution in [-0.2, 0) is 4.74 Å². The fourth-order valence-electron chi connectivity index (χ4n) is 3.65. The standard InChI is InChI=1S/C24H21ClN4O6/c25-18-7-5-16(6-8-18)17-9-11-28(12-10-17)22-21(29(32)33)23(27-15-26-22)35-20-4-2-1-3-19(20)24(31)34-14-13-30/h1-9,15,30H,10-14H2. The summed E-state index contributed by atoms with van der Waals surface area (Å²) in [6.07, 6.45) is 3.83. The molecule has 0 radical (unpaired) electrons. The number of nitrogens with zero attached hydrogens (tertiary/aromatic N) is 4. The second-order valence-electron chi connectivity index (χ2n) is 7.50. The van der Waals surface area contributed by atoms with E-state index >= 15 is 0 Å². The average molecular weight is 497 g/mol. The number of carbonyl (C=O) groups excluding carboxylic acids is 1. The molecule has 0 spiro atoms. The zero-order chi connectivity index (χ0) is 24.8. The van der Waals surface area contributed by atoms with Crippen molar-refractivity contribution in [1.82, 2.24) is 9.97 Å². The largest absolute Gasteiger partial charge is 0.460 e. The number of halogens is 1. The summed E-state index contributed by atoms with van der Waals surface area (Å²) in [4.78, 5) is 33.6. The number of rotatable bonds is 8. The second kappa shape index (κ2) is 10.9. The number of aromatic nitrogens is 2. The van der Waals surface area contributed by atoms with E-state index in [2.05, 4.69) is 9.97 Å². The highest BCUT2D eigenvalue weighted by Gasteiger charge is 2.30. The molecule has 1 N–H and O–H groups in total. The summed E-state index contributed by atoms with van der Waals surface area (Å²) in [5, 5.41) is 21.6. The topological polar surface area (TPSA) is 128 Å². The first-order valence-corrected chi connectivity index (χ1v) is 11.1.